The third-order valence-corrected chi connectivity index (χ3v) is 3.32. The van der Waals surface area contributed by atoms with Gasteiger partial charge in [0.05, 0.1) is 0 Å². The summed E-state index contributed by atoms with van der Waals surface area (Å²) >= 11 is 0. The van der Waals surface area contributed by atoms with Gasteiger partial charge in [0.1, 0.15) is 0 Å². The van der Waals surface area contributed by atoms with E-state index in [1.165, 1.54) is 22.3 Å². The first-order valence-corrected chi connectivity index (χ1v) is 5.80. The molecule has 1 aliphatic rings. The van der Waals surface area contributed by atoms with Crippen molar-refractivity contribution in [1.82, 2.24) is 4.90 Å². The molecule has 1 aromatic carbocycles. The van der Waals surface area contributed by atoms with Crippen LogP contribution in [-0.2, 0) is 13.1 Å². The van der Waals surface area contributed by atoms with Crippen molar-refractivity contribution in [3.05, 3.63) is 47.5 Å². The molecule has 0 saturated carbocycles. The minimum Gasteiger partial charge on any atom is -0.292 e. The van der Waals surface area contributed by atoms with Crippen molar-refractivity contribution in [1.29, 1.82) is 0 Å². The lowest BCUT2D eigenvalue weighted by Crippen LogP contribution is -2.24. The van der Waals surface area contributed by atoms with Crippen LogP contribution in [0.3, 0.4) is 0 Å². The normalized spacial score (nSPS) is 15.2. The maximum Gasteiger partial charge on any atom is 0.0243 e. The first kappa shape index (κ1) is 11.2. The zero-order valence-electron chi connectivity index (χ0n) is 10.2. The van der Waals surface area contributed by atoms with Gasteiger partial charge in [-0.05, 0) is 48.2 Å². The zero-order chi connectivity index (χ0) is 11.7. The zero-order valence-corrected chi connectivity index (χ0v) is 10.2. The molecule has 0 amide bonds. The maximum absolute atomic E-state index is 3.86. The number of rotatable bonds is 3. The molecule has 0 N–H and O–H groups in total. The van der Waals surface area contributed by atoms with Gasteiger partial charge in [0.25, 0.3) is 0 Å². The van der Waals surface area contributed by atoms with E-state index < -0.39 is 0 Å². The van der Waals surface area contributed by atoms with Crippen molar-refractivity contribution in [2.45, 2.75) is 33.0 Å². The molecule has 1 heteroatoms. The predicted molar refractivity (Wildman–Crippen MR) is 71.0 cm³/mol. The molecule has 1 aliphatic heterocycles. The fourth-order valence-electron chi connectivity index (χ4n) is 2.23. The number of benzene rings is 1. The number of fused-ring (bicyclic) bond motifs is 1. The molecule has 1 heterocycles. The van der Waals surface area contributed by atoms with Crippen LogP contribution in [-0.4, -0.2) is 10.9 Å². The van der Waals surface area contributed by atoms with Crippen molar-refractivity contribution in [3.63, 3.8) is 0 Å². The highest BCUT2D eigenvalue weighted by atomic mass is 15.2. The van der Waals surface area contributed by atoms with Crippen LogP contribution in [0.4, 0.5) is 0 Å². The van der Waals surface area contributed by atoms with Gasteiger partial charge < -0.3 is 0 Å². The Morgan fingerprint density at radius 3 is 1.81 bits per heavy atom. The Hall–Kier alpha value is -1.34. The van der Waals surface area contributed by atoms with E-state index in [2.05, 4.69) is 44.0 Å². The van der Waals surface area contributed by atoms with Crippen molar-refractivity contribution < 1.29 is 0 Å². The fourth-order valence-corrected chi connectivity index (χ4v) is 2.23. The molecule has 0 aliphatic carbocycles. The molecule has 1 aromatic rings. The molecule has 0 spiro atoms. The SMILES string of the molecule is C=Cc1cc2c(cc1C=C)CN(C(C)C)C2. The Labute approximate surface area is 98.1 Å². The van der Waals surface area contributed by atoms with Gasteiger partial charge in [-0.1, -0.05) is 25.3 Å². The quantitative estimate of drug-likeness (QED) is 0.740. The Kier molecular flexibility index (Phi) is 2.97. The van der Waals surface area contributed by atoms with E-state index in [4.69, 9.17) is 0 Å². The summed E-state index contributed by atoms with van der Waals surface area (Å²) in [6, 6.07) is 5.11. The molecule has 1 nitrogen and oxygen atoms in total. The smallest absolute Gasteiger partial charge is 0.0243 e. The molecule has 0 atom stereocenters. The van der Waals surface area contributed by atoms with Crippen LogP contribution in [0.5, 0.6) is 0 Å². The molecule has 16 heavy (non-hydrogen) atoms. The summed E-state index contributed by atoms with van der Waals surface area (Å²) in [5.41, 5.74) is 5.27. The Morgan fingerprint density at radius 2 is 1.50 bits per heavy atom. The van der Waals surface area contributed by atoms with E-state index in [0.29, 0.717) is 6.04 Å². The number of hydrogen-bond acceptors (Lipinski definition) is 1. The first-order valence-electron chi connectivity index (χ1n) is 5.80. The third-order valence-electron chi connectivity index (χ3n) is 3.32. The lowest BCUT2D eigenvalue weighted by molar-refractivity contribution is 0.227. The minimum absolute atomic E-state index is 0.603. The second kappa shape index (κ2) is 4.26. The second-order valence-corrected chi connectivity index (χ2v) is 4.66. The summed E-state index contributed by atoms with van der Waals surface area (Å²) in [6.07, 6.45) is 3.82. The van der Waals surface area contributed by atoms with Gasteiger partial charge in [0.15, 0.2) is 0 Å². The predicted octanol–water partition coefficient (Wildman–Crippen LogP) is 3.70. The van der Waals surface area contributed by atoms with Crippen LogP contribution < -0.4 is 0 Å². The van der Waals surface area contributed by atoms with Gasteiger partial charge in [-0.25, -0.2) is 0 Å². The Bertz CT molecular complexity index is 392. The van der Waals surface area contributed by atoms with E-state index in [1.54, 1.807) is 0 Å². The van der Waals surface area contributed by atoms with Crippen molar-refractivity contribution in [2.75, 3.05) is 0 Å². The third kappa shape index (κ3) is 1.83. The molecule has 0 radical (unpaired) electrons. The van der Waals surface area contributed by atoms with Crippen LogP contribution in [0, 0.1) is 0 Å². The summed E-state index contributed by atoms with van der Waals surface area (Å²) in [6.45, 7) is 14.3. The van der Waals surface area contributed by atoms with Crippen LogP contribution in [0.1, 0.15) is 36.1 Å². The van der Waals surface area contributed by atoms with Crippen molar-refractivity contribution in [2.24, 2.45) is 0 Å². The van der Waals surface area contributed by atoms with E-state index in [9.17, 15) is 0 Å². The summed E-state index contributed by atoms with van der Waals surface area (Å²) in [5, 5.41) is 0. The summed E-state index contributed by atoms with van der Waals surface area (Å²) < 4.78 is 0. The molecule has 0 bridgehead atoms. The topological polar surface area (TPSA) is 3.24 Å². The first-order chi connectivity index (χ1) is 7.65. The lowest BCUT2D eigenvalue weighted by atomic mass is 10.00. The van der Waals surface area contributed by atoms with Crippen LogP contribution in [0.2, 0.25) is 0 Å². The van der Waals surface area contributed by atoms with Gasteiger partial charge in [0, 0.05) is 19.1 Å². The molecule has 0 unspecified atom stereocenters. The molecule has 84 valence electrons. The van der Waals surface area contributed by atoms with Gasteiger partial charge in [-0.15, -0.1) is 0 Å². The van der Waals surface area contributed by atoms with E-state index in [1.807, 2.05) is 12.2 Å². The van der Waals surface area contributed by atoms with Crippen LogP contribution in [0.15, 0.2) is 25.3 Å². The van der Waals surface area contributed by atoms with Gasteiger partial charge in [-0.3, -0.25) is 4.90 Å². The fraction of sp³-hybridized carbons (Fsp3) is 0.333. The van der Waals surface area contributed by atoms with Gasteiger partial charge in [-0.2, -0.15) is 0 Å². The molecule has 0 aromatic heterocycles. The summed E-state index contributed by atoms with van der Waals surface area (Å²) in [5.74, 6) is 0. The van der Waals surface area contributed by atoms with Gasteiger partial charge >= 0.3 is 0 Å². The standard InChI is InChI=1S/C15H19N/c1-5-12-7-14-9-16(11(3)4)10-15(14)8-13(12)6-2/h5-8,11H,1-2,9-10H2,3-4H3. The molecular weight excluding hydrogens is 194 g/mol. The summed E-state index contributed by atoms with van der Waals surface area (Å²) in [4.78, 5) is 2.48. The molecular formula is C15H19N. The monoisotopic (exact) mass is 213 g/mol. The number of hydrogen-bond donors (Lipinski definition) is 0. The highest BCUT2D eigenvalue weighted by molar-refractivity contribution is 5.65. The van der Waals surface area contributed by atoms with E-state index in [-0.39, 0.29) is 0 Å². The summed E-state index contributed by atoms with van der Waals surface area (Å²) in [7, 11) is 0. The molecule has 2 rings (SSSR count). The number of nitrogens with zero attached hydrogens (tertiary/aromatic N) is 1. The average Bonchev–Trinajstić information content (AvgIpc) is 2.69. The van der Waals surface area contributed by atoms with Crippen LogP contribution in [0.25, 0.3) is 12.2 Å². The van der Waals surface area contributed by atoms with Crippen molar-refractivity contribution in [3.8, 4) is 0 Å². The van der Waals surface area contributed by atoms with Crippen LogP contribution >= 0.6 is 0 Å². The maximum atomic E-state index is 3.86. The highest BCUT2D eigenvalue weighted by Crippen LogP contribution is 2.28. The molecule has 0 fully saturated rings. The van der Waals surface area contributed by atoms with E-state index >= 15 is 0 Å². The largest absolute Gasteiger partial charge is 0.292 e. The Morgan fingerprint density at radius 1 is 1.06 bits per heavy atom. The minimum atomic E-state index is 0.603. The highest BCUT2D eigenvalue weighted by Gasteiger charge is 2.21. The average molecular weight is 213 g/mol. The lowest BCUT2D eigenvalue weighted by Gasteiger charge is -2.18. The van der Waals surface area contributed by atoms with E-state index in [0.717, 1.165) is 13.1 Å². The molecule has 0 saturated heterocycles. The van der Waals surface area contributed by atoms with Crippen molar-refractivity contribution >= 4 is 12.2 Å². The van der Waals surface area contributed by atoms with Gasteiger partial charge in [0.2, 0.25) is 0 Å². The second-order valence-electron chi connectivity index (χ2n) is 4.66. The Balaban J connectivity index is 2.39.